The van der Waals surface area contributed by atoms with Crippen molar-refractivity contribution >= 4 is 11.5 Å². The van der Waals surface area contributed by atoms with Crippen LogP contribution in [0.2, 0.25) is 0 Å². The van der Waals surface area contributed by atoms with Crippen molar-refractivity contribution in [2.45, 2.75) is 19.9 Å². The van der Waals surface area contributed by atoms with Gasteiger partial charge in [0.05, 0.1) is 6.20 Å². The Morgan fingerprint density at radius 3 is 3.00 bits per heavy atom. The Morgan fingerprint density at radius 2 is 2.31 bits per heavy atom. The minimum absolute atomic E-state index is 0.393. The standard InChI is InChI=1S/C9H12N4/c1-7(2)11-8-6-13-9(12-8)4-3-5-10-13/h3-7,11H,1-2H3. The average Bonchev–Trinajstić information content (AvgIpc) is 2.44. The summed E-state index contributed by atoms with van der Waals surface area (Å²) in [5.74, 6) is 0.869. The highest BCUT2D eigenvalue weighted by molar-refractivity contribution is 5.47. The molecule has 0 fully saturated rings. The quantitative estimate of drug-likeness (QED) is 0.754. The lowest BCUT2D eigenvalue weighted by Crippen LogP contribution is -2.09. The van der Waals surface area contributed by atoms with Gasteiger partial charge in [0, 0.05) is 12.2 Å². The van der Waals surface area contributed by atoms with Gasteiger partial charge in [0.2, 0.25) is 0 Å². The fourth-order valence-electron chi connectivity index (χ4n) is 1.20. The van der Waals surface area contributed by atoms with Gasteiger partial charge in [0.1, 0.15) is 5.82 Å². The van der Waals surface area contributed by atoms with Gasteiger partial charge in [-0.15, -0.1) is 0 Å². The van der Waals surface area contributed by atoms with Crippen LogP contribution >= 0.6 is 0 Å². The van der Waals surface area contributed by atoms with Crippen LogP contribution in [-0.2, 0) is 0 Å². The van der Waals surface area contributed by atoms with Crippen molar-refractivity contribution in [2.24, 2.45) is 0 Å². The fourth-order valence-corrected chi connectivity index (χ4v) is 1.20. The molecule has 2 aromatic heterocycles. The lowest BCUT2D eigenvalue weighted by atomic mass is 10.4. The van der Waals surface area contributed by atoms with Crippen molar-refractivity contribution in [3.05, 3.63) is 24.5 Å². The Hall–Kier alpha value is -1.58. The number of nitrogens with one attached hydrogen (secondary N) is 1. The first-order valence-electron chi connectivity index (χ1n) is 4.32. The summed E-state index contributed by atoms with van der Waals surface area (Å²) in [5, 5.41) is 7.35. The monoisotopic (exact) mass is 176 g/mol. The van der Waals surface area contributed by atoms with Gasteiger partial charge in [0.15, 0.2) is 5.65 Å². The topological polar surface area (TPSA) is 42.2 Å². The van der Waals surface area contributed by atoms with Crippen LogP contribution in [0.4, 0.5) is 5.82 Å². The summed E-state index contributed by atoms with van der Waals surface area (Å²) < 4.78 is 1.75. The number of fused-ring (bicyclic) bond motifs is 1. The molecule has 0 bridgehead atoms. The number of hydrogen-bond acceptors (Lipinski definition) is 3. The first kappa shape index (κ1) is 8.04. The maximum absolute atomic E-state index is 4.34. The van der Waals surface area contributed by atoms with Gasteiger partial charge in [-0.2, -0.15) is 5.10 Å². The Labute approximate surface area is 76.6 Å². The molecule has 0 aliphatic rings. The second-order valence-corrected chi connectivity index (χ2v) is 3.25. The van der Waals surface area contributed by atoms with Gasteiger partial charge in [-0.1, -0.05) is 0 Å². The van der Waals surface area contributed by atoms with E-state index in [1.807, 2.05) is 18.3 Å². The molecule has 0 aromatic carbocycles. The second kappa shape index (κ2) is 3.05. The number of anilines is 1. The molecule has 2 aromatic rings. The minimum Gasteiger partial charge on any atom is -0.367 e. The van der Waals surface area contributed by atoms with E-state index in [1.54, 1.807) is 10.7 Å². The third-order valence-electron chi connectivity index (χ3n) is 1.67. The van der Waals surface area contributed by atoms with Crippen molar-refractivity contribution in [3.63, 3.8) is 0 Å². The van der Waals surface area contributed by atoms with E-state index in [1.165, 1.54) is 0 Å². The number of rotatable bonds is 2. The van der Waals surface area contributed by atoms with Crippen molar-refractivity contribution in [2.75, 3.05) is 5.32 Å². The lowest BCUT2D eigenvalue weighted by molar-refractivity contribution is 0.890. The number of hydrogen-bond donors (Lipinski definition) is 1. The second-order valence-electron chi connectivity index (χ2n) is 3.25. The van der Waals surface area contributed by atoms with E-state index in [-0.39, 0.29) is 0 Å². The minimum atomic E-state index is 0.393. The summed E-state index contributed by atoms with van der Waals surface area (Å²) in [7, 11) is 0. The molecule has 0 saturated heterocycles. The molecule has 0 radical (unpaired) electrons. The molecule has 68 valence electrons. The molecule has 0 aliphatic heterocycles. The highest BCUT2D eigenvalue weighted by atomic mass is 15.3. The molecular formula is C9H12N4. The van der Waals surface area contributed by atoms with E-state index < -0.39 is 0 Å². The van der Waals surface area contributed by atoms with Gasteiger partial charge < -0.3 is 5.32 Å². The fraction of sp³-hybridized carbons (Fsp3) is 0.333. The van der Waals surface area contributed by atoms with E-state index in [0.29, 0.717) is 6.04 Å². The zero-order valence-corrected chi connectivity index (χ0v) is 7.73. The molecule has 1 N–H and O–H groups in total. The molecule has 0 saturated carbocycles. The van der Waals surface area contributed by atoms with Crippen LogP contribution < -0.4 is 5.32 Å². The maximum Gasteiger partial charge on any atom is 0.155 e. The predicted octanol–water partition coefficient (Wildman–Crippen LogP) is 1.55. The van der Waals surface area contributed by atoms with E-state index in [4.69, 9.17) is 0 Å². The van der Waals surface area contributed by atoms with Crippen LogP contribution in [0, 0.1) is 0 Å². The third kappa shape index (κ3) is 1.61. The Morgan fingerprint density at radius 1 is 1.46 bits per heavy atom. The lowest BCUT2D eigenvalue weighted by Gasteiger charge is -2.03. The highest BCUT2D eigenvalue weighted by Crippen LogP contribution is 2.08. The van der Waals surface area contributed by atoms with Gasteiger partial charge in [0.25, 0.3) is 0 Å². The van der Waals surface area contributed by atoms with Gasteiger partial charge in [-0.05, 0) is 26.0 Å². The molecule has 0 unspecified atom stereocenters. The normalized spacial score (nSPS) is 11.0. The molecule has 2 rings (SSSR count). The molecule has 4 heteroatoms. The zero-order chi connectivity index (χ0) is 9.26. The molecule has 2 heterocycles. The molecule has 13 heavy (non-hydrogen) atoms. The van der Waals surface area contributed by atoms with Crippen LogP contribution in [0.5, 0.6) is 0 Å². The van der Waals surface area contributed by atoms with Crippen LogP contribution in [-0.4, -0.2) is 20.6 Å². The maximum atomic E-state index is 4.34. The predicted molar refractivity (Wildman–Crippen MR) is 51.7 cm³/mol. The summed E-state index contributed by atoms with van der Waals surface area (Å²) in [6.07, 6.45) is 3.63. The zero-order valence-electron chi connectivity index (χ0n) is 7.73. The summed E-state index contributed by atoms with van der Waals surface area (Å²) in [6.45, 7) is 4.16. The van der Waals surface area contributed by atoms with E-state index in [2.05, 4.69) is 29.2 Å². The molecule has 0 spiro atoms. The molecular weight excluding hydrogens is 164 g/mol. The Kier molecular flexibility index (Phi) is 1.88. The van der Waals surface area contributed by atoms with Crippen molar-refractivity contribution < 1.29 is 0 Å². The van der Waals surface area contributed by atoms with Crippen LogP contribution in [0.15, 0.2) is 24.5 Å². The molecule has 0 atom stereocenters. The summed E-state index contributed by atoms with van der Waals surface area (Å²) in [5.41, 5.74) is 0.866. The van der Waals surface area contributed by atoms with Crippen molar-refractivity contribution in [1.29, 1.82) is 0 Å². The van der Waals surface area contributed by atoms with Gasteiger partial charge in [-0.3, -0.25) is 0 Å². The average molecular weight is 176 g/mol. The smallest absolute Gasteiger partial charge is 0.155 e. The number of nitrogens with zero attached hydrogens (tertiary/aromatic N) is 3. The molecule has 0 aliphatic carbocycles. The Bertz CT molecular complexity index is 372. The summed E-state index contributed by atoms with van der Waals surface area (Å²) in [4.78, 5) is 4.34. The van der Waals surface area contributed by atoms with Crippen LogP contribution in [0.1, 0.15) is 13.8 Å². The van der Waals surface area contributed by atoms with E-state index in [0.717, 1.165) is 11.5 Å². The largest absolute Gasteiger partial charge is 0.367 e. The Balaban J connectivity index is 2.38. The van der Waals surface area contributed by atoms with Crippen LogP contribution in [0.3, 0.4) is 0 Å². The van der Waals surface area contributed by atoms with Crippen LogP contribution in [0.25, 0.3) is 5.65 Å². The SMILES string of the molecule is CC(C)Nc1cn2ncccc2n1. The highest BCUT2D eigenvalue weighted by Gasteiger charge is 2.01. The number of imidazole rings is 1. The van der Waals surface area contributed by atoms with Crippen molar-refractivity contribution in [1.82, 2.24) is 14.6 Å². The van der Waals surface area contributed by atoms with Gasteiger partial charge >= 0.3 is 0 Å². The summed E-state index contributed by atoms with van der Waals surface area (Å²) >= 11 is 0. The molecule has 0 amide bonds. The first-order chi connectivity index (χ1) is 6.25. The molecule has 4 nitrogen and oxygen atoms in total. The first-order valence-corrected chi connectivity index (χ1v) is 4.32. The van der Waals surface area contributed by atoms with E-state index in [9.17, 15) is 0 Å². The van der Waals surface area contributed by atoms with E-state index >= 15 is 0 Å². The number of aromatic nitrogens is 3. The van der Waals surface area contributed by atoms with Gasteiger partial charge in [-0.25, -0.2) is 9.50 Å². The third-order valence-corrected chi connectivity index (χ3v) is 1.67. The summed E-state index contributed by atoms with van der Waals surface area (Å²) in [6, 6.07) is 4.20. The van der Waals surface area contributed by atoms with Crippen molar-refractivity contribution in [3.8, 4) is 0 Å².